The van der Waals surface area contributed by atoms with E-state index in [0.717, 1.165) is 21.5 Å². The summed E-state index contributed by atoms with van der Waals surface area (Å²) in [5.74, 6) is 0.322. The van der Waals surface area contributed by atoms with Gasteiger partial charge in [0, 0.05) is 61.3 Å². The van der Waals surface area contributed by atoms with Crippen LogP contribution >= 0.6 is 11.3 Å². The van der Waals surface area contributed by atoms with E-state index >= 15 is 0 Å². The molecular formula is C23H29N5O2S. The number of thiophene rings is 1. The molecule has 1 fully saturated rings. The highest BCUT2D eigenvalue weighted by molar-refractivity contribution is 7.23. The number of anilines is 2. The van der Waals surface area contributed by atoms with E-state index in [1.54, 1.807) is 12.4 Å². The van der Waals surface area contributed by atoms with Crippen molar-refractivity contribution in [2.24, 2.45) is 11.7 Å². The number of nitrogen functional groups attached to an aromatic ring is 1. The van der Waals surface area contributed by atoms with Crippen LogP contribution in [-0.4, -0.2) is 46.1 Å². The van der Waals surface area contributed by atoms with Crippen molar-refractivity contribution in [1.82, 2.24) is 9.97 Å². The van der Waals surface area contributed by atoms with Gasteiger partial charge in [-0.05, 0) is 23.6 Å². The molecule has 1 aliphatic heterocycles. The normalized spacial score (nSPS) is 21.7. The van der Waals surface area contributed by atoms with Crippen molar-refractivity contribution in [3.8, 4) is 0 Å². The number of pyridine rings is 2. The van der Waals surface area contributed by atoms with E-state index in [2.05, 4.69) is 34.8 Å². The van der Waals surface area contributed by atoms with E-state index in [0.29, 0.717) is 35.1 Å². The maximum atomic E-state index is 13.3. The molecule has 5 N–H and O–H groups in total. The summed E-state index contributed by atoms with van der Waals surface area (Å²) in [7, 11) is 0. The van der Waals surface area contributed by atoms with Gasteiger partial charge >= 0.3 is 0 Å². The largest absolute Gasteiger partial charge is 0.391 e. The average molecular weight is 440 g/mol. The Bertz CT molecular complexity index is 1100. The minimum atomic E-state index is -0.526. The van der Waals surface area contributed by atoms with Gasteiger partial charge in [-0.2, -0.15) is 0 Å². The van der Waals surface area contributed by atoms with Crippen LogP contribution in [0.5, 0.6) is 0 Å². The SMILES string of the molecule is CC(C)c1cnc2c(C(=O)Cc3cnccc3N3C[C@@H](N)[C@H](O)[C@@H](C)C3)c(N)sc2c1. The van der Waals surface area contributed by atoms with E-state index in [-0.39, 0.29) is 24.2 Å². The number of ketones is 1. The summed E-state index contributed by atoms with van der Waals surface area (Å²) in [6.07, 6.45) is 4.92. The molecule has 0 aliphatic carbocycles. The number of piperidine rings is 1. The highest BCUT2D eigenvalue weighted by Crippen LogP contribution is 2.35. The Morgan fingerprint density at radius 2 is 2.13 bits per heavy atom. The summed E-state index contributed by atoms with van der Waals surface area (Å²) in [5, 5.41) is 10.7. The molecular weight excluding hydrogens is 410 g/mol. The van der Waals surface area contributed by atoms with Gasteiger partial charge in [-0.3, -0.25) is 14.8 Å². The molecule has 31 heavy (non-hydrogen) atoms. The van der Waals surface area contributed by atoms with E-state index in [4.69, 9.17) is 11.5 Å². The second-order valence-corrected chi connectivity index (χ2v) is 9.84. The van der Waals surface area contributed by atoms with Crippen molar-refractivity contribution in [1.29, 1.82) is 0 Å². The monoisotopic (exact) mass is 439 g/mol. The first kappa shape index (κ1) is 21.7. The van der Waals surface area contributed by atoms with Crippen molar-refractivity contribution in [3.05, 3.63) is 47.4 Å². The number of fused-ring (bicyclic) bond motifs is 1. The van der Waals surface area contributed by atoms with Crippen LogP contribution in [0.3, 0.4) is 0 Å². The second-order valence-electron chi connectivity index (χ2n) is 8.75. The van der Waals surface area contributed by atoms with Gasteiger partial charge < -0.3 is 21.5 Å². The van der Waals surface area contributed by atoms with E-state index in [1.807, 2.05) is 19.2 Å². The van der Waals surface area contributed by atoms with Gasteiger partial charge in [0.25, 0.3) is 0 Å². The maximum Gasteiger partial charge on any atom is 0.172 e. The third-order valence-corrected chi connectivity index (χ3v) is 7.01. The van der Waals surface area contributed by atoms with Gasteiger partial charge in [-0.25, -0.2) is 0 Å². The standard InChI is InChI=1S/C23H29N5O2S/c1-12(2)14-7-19-21(27-9-14)20(23(25)31-19)18(29)6-15-8-26-5-4-17(15)28-10-13(3)22(30)16(24)11-28/h4-5,7-9,12-13,16,22,30H,6,10-11,24-25H2,1-3H3/t13-,16+,22+/m0/s1. The molecule has 0 aromatic carbocycles. The number of carbonyl (C=O) groups excluding carboxylic acids is 1. The molecule has 0 amide bonds. The summed E-state index contributed by atoms with van der Waals surface area (Å²) in [5.41, 5.74) is 16.4. The molecule has 1 aliphatic rings. The number of hydrogen-bond acceptors (Lipinski definition) is 8. The van der Waals surface area contributed by atoms with Gasteiger partial charge in [-0.1, -0.05) is 20.8 Å². The zero-order chi connectivity index (χ0) is 22.3. The number of Topliss-reactive ketones (excluding diaryl/α,β-unsaturated/α-hetero) is 1. The average Bonchev–Trinajstić information content (AvgIpc) is 3.06. The Labute approximate surface area is 186 Å². The van der Waals surface area contributed by atoms with Crippen LogP contribution in [0.1, 0.15) is 48.2 Å². The zero-order valence-electron chi connectivity index (χ0n) is 18.1. The summed E-state index contributed by atoms with van der Waals surface area (Å²) in [4.78, 5) is 24.3. The molecule has 7 nitrogen and oxygen atoms in total. The predicted molar refractivity (Wildman–Crippen MR) is 126 cm³/mol. The Balaban J connectivity index is 1.64. The van der Waals surface area contributed by atoms with Crippen molar-refractivity contribution in [2.45, 2.75) is 45.3 Å². The van der Waals surface area contributed by atoms with Crippen LogP contribution in [0, 0.1) is 5.92 Å². The van der Waals surface area contributed by atoms with Gasteiger partial charge in [0.15, 0.2) is 5.78 Å². The zero-order valence-corrected chi connectivity index (χ0v) is 18.9. The highest BCUT2D eigenvalue weighted by atomic mass is 32.1. The third-order valence-electron chi connectivity index (χ3n) is 6.05. The molecule has 3 atom stereocenters. The van der Waals surface area contributed by atoms with Gasteiger partial charge in [0.2, 0.25) is 0 Å². The molecule has 164 valence electrons. The van der Waals surface area contributed by atoms with E-state index in [9.17, 15) is 9.90 Å². The molecule has 4 rings (SSSR count). The lowest BCUT2D eigenvalue weighted by Crippen LogP contribution is -2.55. The number of nitrogens with zero attached hydrogens (tertiary/aromatic N) is 3. The summed E-state index contributed by atoms with van der Waals surface area (Å²) in [6, 6.07) is 3.64. The lowest BCUT2D eigenvalue weighted by atomic mass is 9.92. The van der Waals surface area contributed by atoms with Crippen LogP contribution in [0.4, 0.5) is 10.7 Å². The Hall–Kier alpha value is -2.55. The number of aliphatic hydroxyl groups is 1. The molecule has 3 aromatic heterocycles. The van der Waals surface area contributed by atoms with Gasteiger partial charge in [0.05, 0.1) is 26.9 Å². The fraction of sp³-hybridized carbons (Fsp3) is 0.435. The van der Waals surface area contributed by atoms with Crippen LogP contribution < -0.4 is 16.4 Å². The molecule has 0 spiro atoms. The number of carbonyl (C=O) groups is 1. The summed E-state index contributed by atoms with van der Waals surface area (Å²) in [6.45, 7) is 7.41. The summed E-state index contributed by atoms with van der Waals surface area (Å²) < 4.78 is 0.934. The quantitative estimate of drug-likeness (QED) is 0.523. The highest BCUT2D eigenvalue weighted by Gasteiger charge is 2.32. The molecule has 8 heteroatoms. The molecule has 3 aromatic rings. The van der Waals surface area contributed by atoms with Crippen molar-refractivity contribution >= 4 is 38.0 Å². The first-order valence-corrected chi connectivity index (χ1v) is 11.4. The molecule has 0 unspecified atom stereocenters. The minimum Gasteiger partial charge on any atom is -0.391 e. The first-order chi connectivity index (χ1) is 14.8. The predicted octanol–water partition coefficient (Wildman–Crippen LogP) is 2.97. The smallest absolute Gasteiger partial charge is 0.172 e. The minimum absolute atomic E-state index is 0.0382. The molecule has 0 bridgehead atoms. The van der Waals surface area contributed by atoms with Crippen LogP contribution in [-0.2, 0) is 6.42 Å². The fourth-order valence-electron chi connectivity index (χ4n) is 4.23. The number of rotatable bonds is 5. The number of aliphatic hydroxyl groups excluding tert-OH is 1. The number of hydrogen-bond donors (Lipinski definition) is 3. The topological polar surface area (TPSA) is 118 Å². The van der Waals surface area contributed by atoms with E-state index < -0.39 is 6.10 Å². The van der Waals surface area contributed by atoms with Crippen molar-refractivity contribution < 1.29 is 9.90 Å². The van der Waals surface area contributed by atoms with Crippen molar-refractivity contribution in [3.63, 3.8) is 0 Å². The summed E-state index contributed by atoms with van der Waals surface area (Å²) >= 11 is 1.41. The maximum absolute atomic E-state index is 13.3. The number of nitrogens with two attached hydrogens (primary N) is 2. The van der Waals surface area contributed by atoms with Crippen LogP contribution in [0.25, 0.3) is 10.2 Å². The molecule has 0 saturated carbocycles. The Morgan fingerprint density at radius 3 is 2.84 bits per heavy atom. The second kappa shape index (κ2) is 8.53. The lowest BCUT2D eigenvalue weighted by molar-refractivity contribution is 0.0784. The Morgan fingerprint density at radius 1 is 1.35 bits per heavy atom. The fourth-order valence-corrected chi connectivity index (χ4v) is 5.23. The Kier molecular flexibility index (Phi) is 5.96. The van der Waals surface area contributed by atoms with Gasteiger partial charge in [0.1, 0.15) is 0 Å². The number of aromatic nitrogens is 2. The molecule has 1 saturated heterocycles. The first-order valence-electron chi connectivity index (χ1n) is 10.6. The van der Waals surface area contributed by atoms with Crippen molar-refractivity contribution in [2.75, 3.05) is 23.7 Å². The molecule has 0 radical (unpaired) electrons. The molecule has 4 heterocycles. The van der Waals surface area contributed by atoms with Crippen LogP contribution in [0.15, 0.2) is 30.7 Å². The van der Waals surface area contributed by atoms with E-state index in [1.165, 1.54) is 11.3 Å². The van der Waals surface area contributed by atoms with Crippen LogP contribution in [0.2, 0.25) is 0 Å². The lowest BCUT2D eigenvalue weighted by Gasteiger charge is -2.40. The van der Waals surface area contributed by atoms with Gasteiger partial charge in [-0.15, -0.1) is 11.3 Å². The third kappa shape index (κ3) is 4.15.